The minimum absolute atomic E-state index is 0.181. The lowest BCUT2D eigenvalue weighted by atomic mass is 10.1. The predicted octanol–water partition coefficient (Wildman–Crippen LogP) is 2.85. The molecule has 2 aliphatic rings. The summed E-state index contributed by atoms with van der Waals surface area (Å²) < 4.78 is 11.9. The van der Waals surface area contributed by atoms with Crippen molar-refractivity contribution in [3.8, 4) is 0 Å². The van der Waals surface area contributed by atoms with Crippen LogP contribution in [0.15, 0.2) is 44.8 Å². The molecule has 9 heteroatoms. The van der Waals surface area contributed by atoms with Gasteiger partial charge in [0.15, 0.2) is 0 Å². The van der Waals surface area contributed by atoms with Gasteiger partial charge in [0, 0.05) is 19.2 Å². The lowest BCUT2D eigenvalue weighted by molar-refractivity contribution is -0.122. The Balaban J connectivity index is 1.65. The van der Waals surface area contributed by atoms with Crippen molar-refractivity contribution in [2.24, 2.45) is 0 Å². The Labute approximate surface area is 175 Å². The molecule has 0 spiro atoms. The number of morpholine rings is 1. The number of anilines is 2. The highest BCUT2D eigenvalue weighted by molar-refractivity contribution is 9.10. The number of carbonyl (C=O) groups excluding carboxylic acids is 3. The van der Waals surface area contributed by atoms with Crippen LogP contribution in [0.1, 0.15) is 11.3 Å². The summed E-state index contributed by atoms with van der Waals surface area (Å²) in [6, 6.07) is 7.78. The third kappa shape index (κ3) is 3.83. The van der Waals surface area contributed by atoms with E-state index in [1.54, 1.807) is 30.3 Å². The van der Waals surface area contributed by atoms with Crippen molar-refractivity contribution in [1.82, 2.24) is 5.32 Å². The first-order valence-electron chi connectivity index (χ1n) is 9.04. The van der Waals surface area contributed by atoms with E-state index in [1.165, 1.54) is 6.08 Å². The molecule has 0 saturated carbocycles. The molecule has 150 valence electrons. The molecule has 2 aliphatic heterocycles. The fourth-order valence-electron chi connectivity index (χ4n) is 3.16. The number of hydrogen-bond donors (Lipinski definition) is 1. The fourth-order valence-corrected chi connectivity index (χ4v) is 3.72. The van der Waals surface area contributed by atoms with Crippen LogP contribution in [-0.4, -0.2) is 44.1 Å². The fraction of sp³-hybridized carbons (Fsp3) is 0.250. The molecule has 4 rings (SSSR count). The number of benzene rings is 1. The molecule has 2 saturated heterocycles. The number of carbonyl (C=O) groups is 3. The molecule has 8 nitrogen and oxygen atoms in total. The largest absolute Gasteiger partial charge is 0.440 e. The molecule has 0 bridgehead atoms. The Morgan fingerprint density at radius 2 is 1.79 bits per heavy atom. The molecule has 0 atom stereocenters. The SMILES string of the molecule is Cc1ccc(N2C(=O)NC(=O)/C(=C\c3cc(Br)c(N4CCOCC4)o3)C2=O)cc1. The molecule has 0 unspecified atom stereocenters. The van der Waals surface area contributed by atoms with Crippen LogP contribution >= 0.6 is 15.9 Å². The monoisotopic (exact) mass is 459 g/mol. The van der Waals surface area contributed by atoms with Crippen LogP contribution in [0.3, 0.4) is 0 Å². The van der Waals surface area contributed by atoms with E-state index >= 15 is 0 Å². The molecule has 29 heavy (non-hydrogen) atoms. The van der Waals surface area contributed by atoms with Crippen molar-refractivity contribution in [2.45, 2.75) is 6.92 Å². The first kappa shape index (κ1) is 19.4. The first-order chi connectivity index (χ1) is 13.9. The van der Waals surface area contributed by atoms with Gasteiger partial charge in [0.25, 0.3) is 11.8 Å². The van der Waals surface area contributed by atoms with Crippen LogP contribution < -0.4 is 15.1 Å². The Kier molecular flexibility index (Phi) is 5.25. The number of rotatable bonds is 3. The molecule has 0 radical (unpaired) electrons. The highest BCUT2D eigenvalue weighted by Gasteiger charge is 2.37. The van der Waals surface area contributed by atoms with Gasteiger partial charge in [0.1, 0.15) is 11.3 Å². The minimum Gasteiger partial charge on any atom is -0.440 e. The van der Waals surface area contributed by atoms with E-state index in [0.29, 0.717) is 48.1 Å². The number of nitrogens with one attached hydrogen (secondary N) is 1. The Morgan fingerprint density at radius 1 is 1.10 bits per heavy atom. The summed E-state index contributed by atoms with van der Waals surface area (Å²) in [5, 5.41) is 2.21. The van der Waals surface area contributed by atoms with Gasteiger partial charge in [-0.05, 0) is 41.1 Å². The van der Waals surface area contributed by atoms with Gasteiger partial charge in [-0.25, -0.2) is 9.69 Å². The zero-order valence-corrected chi connectivity index (χ0v) is 17.2. The second kappa shape index (κ2) is 7.84. The molecule has 3 heterocycles. The maximum Gasteiger partial charge on any atom is 0.335 e. The van der Waals surface area contributed by atoms with E-state index in [2.05, 4.69) is 21.2 Å². The number of urea groups is 1. The van der Waals surface area contributed by atoms with E-state index in [0.717, 1.165) is 10.5 Å². The van der Waals surface area contributed by atoms with Crippen LogP contribution in [-0.2, 0) is 14.3 Å². The standard InChI is InChI=1S/C20H18BrN3O5/c1-12-2-4-13(5-3-12)24-18(26)15(17(25)22-20(24)27)10-14-11-16(21)19(29-14)23-6-8-28-9-7-23/h2-5,10-11H,6-9H2,1H3,(H,22,25,27)/b15-10+. The minimum atomic E-state index is -0.782. The van der Waals surface area contributed by atoms with Gasteiger partial charge >= 0.3 is 6.03 Å². The number of furan rings is 1. The zero-order valence-electron chi connectivity index (χ0n) is 15.6. The summed E-state index contributed by atoms with van der Waals surface area (Å²) in [6.07, 6.45) is 1.35. The summed E-state index contributed by atoms with van der Waals surface area (Å²) in [5.41, 5.74) is 1.19. The van der Waals surface area contributed by atoms with Crippen LogP contribution in [0.25, 0.3) is 6.08 Å². The van der Waals surface area contributed by atoms with E-state index in [1.807, 2.05) is 11.8 Å². The third-order valence-corrected chi connectivity index (χ3v) is 5.23. The van der Waals surface area contributed by atoms with Crippen LogP contribution in [0.2, 0.25) is 0 Å². The molecule has 1 aromatic carbocycles. The highest BCUT2D eigenvalue weighted by Crippen LogP contribution is 2.32. The van der Waals surface area contributed by atoms with Gasteiger partial charge in [0.05, 0.1) is 23.4 Å². The molecular weight excluding hydrogens is 442 g/mol. The number of amides is 4. The summed E-state index contributed by atoms with van der Waals surface area (Å²) in [6.45, 7) is 4.45. The number of aryl methyl sites for hydroxylation is 1. The molecule has 2 aromatic rings. The average Bonchev–Trinajstić information content (AvgIpc) is 3.07. The lowest BCUT2D eigenvalue weighted by Gasteiger charge is -2.27. The van der Waals surface area contributed by atoms with Gasteiger partial charge in [-0.2, -0.15) is 0 Å². The van der Waals surface area contributed by atoms with Crippen molar-refractivity contribution < 1.29 is 23.5 Å². The predicted molar refractivity (Wildman–Crippen MR) is 110 cm³/mol. The molecule has 1 N–H and O–H groups in total. The van der Waals surface area contributed by atoms with Crippen molar-refractivity contribution in [3.63, 3.8) is 0 Å². The smallest absolute Gasteiger partial charge is 0.335 e. The van der Waals surface area contributed by atoms with Crippen LogP contribution in [0, 0.1) is 6.92 Å². The third-order valence-electron chi connectivity index (χ3n) is 4.67. The van der Waals surface area contributed by atoms with E-state index in [4.69, 9.17) is 9.15 Å². The number of hydrogen-bond acceptors (Lipinski definition) is 6. The van der Waals surface area contributed by atoms with E-state index in [-0.39, 0.29) is 5.57 Å². The van der Waals surface area contributed by atoms with Gasteiger partial charge in [-0.1, -0.05) is 17.7 Å². The normalized spacial score (nSPS) is 19.1. The highest BCUT2D eigenvalue weighted by atomic mass is 79.9. The molecule has 0 aliphatic carbocycles. The number of halogens is 1. The van der Waals surface area contributed by atoms with Gasteiger partial charge in [-0.3, -0.25) is 14.9 Å². The van der Waals surface area contributed by atoms with Crippen LogP contribution in [0.5, 0.6) is 0 Å². The Hall–Kier alpha value is -2.91. The molecular formula is C20H18BrN3O5. The number of barbiturate groups is 1. The number of imide groups is 2. The van der Waals surface area contributed by atoms with Gasteiger partial charge in [-0.15, -0.1) is 0 Å². The van der Waals surface area contributed by atoms with Crippen LogP contribution in [0.4, 0.5) is 16.4 Å². The second-order valence-corrected chi connectivity index (χ2v) is 7.55. The summed E-state index contributed by atoms with van der Waals surface area (Å²) in [7, 11) is 0. The molecule has 2 fully saturated rings. The quantitative estimate of drug-likeness (QED) is 0.560. The van der Waals surface area contributed by atoms with E-state index < -0.39 is 17.8 Å². The van der Waals surface area contributed by atoms with Gasteiger partial charge < -0.3 is 14.1 Å². The van der Waals surface area contributed by atoms with Crippen molar-refractivity contribution in [2.75, 3.05) is 36.1 Å². The first-order valence-corrected chi connectivity index (χ1v) is 9.83. The number of ether oxygens (including phenoxy) is 1. The average molecular weight is 460 g/mol. The molecule has 4 amide bonds. The maximum absolute atomic E-state index is 12.9. The van der Waals surface area contributed by atoms with E-state index in [9.17, 15) is 14.4 Å². The summed E-state index contributed by atoms with van der Waals surface area (Å²) >= 11 is 3.46. The van der Waals surface area contributed by atoms with Crippen molar-refractivity contribution >= 4 is 51.4 Å². The number of nitrogens with zero attached hydrogens (tertiary/aromatic N) is 2. The lowest BCUT2D eigenvalue weighted by Crippen LogP contribution is -2.54. The summed E-state index contributed by atoms with van der Waals surface area (Å²) in [5.74, 6) is -0.530. The Bertz CT molecular complexity index is 1010. The molecule has 1 aromatic heterocycles. The van der Waals surface area contributed by atoms with Gasteiger partial charge in [0.2, 0.25) is 5.88 Å². The van der Waals surface area contributed by atoms with Crippen molar-refractivity contribution in [3.05, 3.63) is 51.7 Å². The topological polar surface area (TPSA) is 92.1 Å². The van der Waals surface area contributed by atoms with Crippen molar-refractivity contribution in [1.29, 1.82) is 0 Å². The summed E-state index contributed by atoms with van der Waals surface area (Å²) in [4.78, 5) is 40.5. The maximum atomic E-state index is 12.9. The zero-order chi connectivity index (χ0) is 20.5. The second-order valence-electron chi connectivity index (χ2n) is 6.69. The Morgan fingerprint density at radius 3 is 2.48 bits per heavy atom.